The van der Waals surface area contributed by atoms with E-state index in [0.717, 1.165) is 5.88 Å². The molecule has 1 N–H and O–H groups in total. The molecule has 3 nitrogen and oxygen atoms in total. The Morgan fingerprint density at radius 2 is 1.76 bits per heavy atom. The number of anilines is 2. The summed E-state index contributed by atoms with van der Waals surface area (Å²) >= 11 is 1.80. The van der Waals surface area contributed by atoms with Gasteiger partial charge in [-0.3, -0.25) is 0 Å². The first-order chi connectivity index (χ1) is 12.3. The molecule has 3 rings (SSSR count). The van der Waals surface area contributed by atoms with Crippen molar-refractivity contribution in [2.45, 2.75) is 12.8 Å². The van der Waals surface area contributed by atoms with E-state index in [4.69, 9.17) is 0 Å². The highest BCUT2D eigenvalue weighted by Gasteiger charge is 2.12. The molecule has 132 valence electrons. The van der Waals surface area contributed by atoms with Crippen molar-refractivity contribution < 1.29 is 0 Å². The van der Waals surface area contributed by atoms with E-state index >= 15 is 0 Å². The van der Waals surface area contributed by atoms with Crippen LogP contribution in [0.4, 0.5) is 11.4 Å². The molecule has 1 heterocycles. The summed E-state index contributed by atoms with van der Waals surface area (Å²) in [6.45, 7) is 2.38. The second-order valence-corrected chi connectivity index (χ2v) is 7.18. The van der Waals surface area contributed by atoms with Crippen LogP contribution >= 0.6 is 11.8 Å². The van der Waals surface area contributed by atoms with Gasteiger partial charge in [-0.15, -0.1) is 11.8 Å². The summed E-state index contributed by atoms with van der Waals surface area (Å²) in [5.41, 5.74) is 4.98. The van der Waals surface area contributed by atoms with Crippen molar-refractivity contribution in [3.63, 3.8) is 0 Å². The minimum atomic E-state index is 0.918. The number of rotatable bonds is 7. The van der Waals surface area contributed by atoms with Gasteiger partial charge in [0.2, 0.25) is 0 Å². The maximum absolute atomic E-state index is 3.33. The fourth-order valence-electron chi connectivity index (χ4n) is 3.09. The maximum atomic E-state index is 3.33. The molecule has 0 aliphatic carbocycles. The SMILES string of the molecule is CN/C(=C\SCN(C)c1ccccc1)c1ccc(N2CCCC2)cc1. The Morgan fingerprint density at radius 3 is 2.40 bits per heavy atom. The number of para-hydroxylation sites is 1. The molecule has 1 aliphatic heterocycles. The summed E-state index contributed by atoms with van der Waals surface area (Å²) in [6, 6.07) is 19.4. The molecule has 1 fully saturated rings. The molecule has 0 unspecified atom stereocenters. The van der Waals surface area contributed by atoms with Crippen LogP contribution in [0.5, 0.6) is 0 Å². The largest absolute Gasteiger partial charge is 0.387 e. The summed E-state index contributed by atoms with van der Waals surface area (Å²) in [5, 5.41) is 5.54. The van der Waals surface area contributed by atoms with Crippen LogP contribution in [0.25, 0.3) is 5.70 Å². The molecule has 25 heavy (non-hydrogen) atoms. The fraction of sp³-hybridized carbons (Fsp3) is 0.333. The zero-order valence-electron chi connectivity index (χ0n) is 15.1. The van der Waals surface area contributed by atoms with E-state index in [2.05, 4.69) is 82.2 Å². The third-order valence-corrected chi connectivity index (χ3v) is 5.52. The molecule has 0 spiro atoms. The molecule has 1 saturated heterocycles. The van der Waals surface area contributed by atoms with Gasteiger partial charge in [0, 0.05) is 44.3 Å². The Bertz CT molecular complexity index is 676. The third kappa shape index (κ3) is 4.73. The van der Waals surface area contributed by atoms with Crippen molar-refractivity contribution in [2.75, 3.05) is 42.9 Å². The van der Waals surface area contributed by atoms with E-state index < -0.39 is 0 Å². The number of hydrogen-bond acceptors (Lipinski definition) is 4. The quantitative estimate of drug-likeness (QED) is 0.731. The van der Waals surface area contributed by atoms with E-state index in [1.165, 1.54) is 48.6 Å². The summed E-state index contributed by atoms with van der Waals surface area (Å²) in [6.07, 6.45) is 2.63. The van der Waals surface area contributed by atoms with Crippen molar-refractivity contribution in [1.29, 1.82) is 0 Å². The van der Waals surface area contributed by atoms with Gasteiger partial charge in [0.1, 0.15) is 0 Å². The summed E-state index contributed by atoms with van der Waals surface area (Å²) in [4.78, 5) is 4.72. The standard InChI is InChI=1S/C21H27N3S/c1-22-21(16-25-17-23(2)19-8-4-3-5-9-19)18-10-12-20(13-11-18)24-14-6-7-15-24/h3-5,8-13,16,22H,6-7,14-15,17H2,1-2H3/b21-16-. The van der Waals surface area contributed by atoms with Crippen molar-refractivity contribution in [3.8, 4) is 0 Å². The van der Waals surface area contributed by atoms with E-state index in [1.807, 2.05) is 7.05 Å². The monoisotopic (exact) mass is 353 g/mol. The van der Waals surface area contributed by atoms with Crippen molar-refractivity contribution in [1.82, 2.24) is 5.32 Å². The molecular formula is C21H27N3S. The van der Waals surface area contributed by atoms with E-state index in [9.17, 15) is 0 Å². The Morgan fingerprint density at radius 1 is 1.08 bits per heavy atom. The number of nitrogens with zero attached hydrogens (tertiary/aromatic N) is 2. The van der Waals surface area contributed by atoms with Gasteiger partial charge in [0.15, 0.2) is 0 Å². The highest BCUT2D eigenvalue weighted by atomic mass is 32.2. The first-order valence-corrected chi connectivity index (χ1v) is 9.94. The van der Waals surface area contributed by atoms with E-state index in [0.29, 0.717) is 0 Å². The highest BCUT2D eigenvalue weighted by Crippen LogP contribution is 2.24. The Hall–Kier alpha value is -2.07. The molecule has 1 aliphatic rings. The van der Waals surface area contributed by atoms with Crippen molar-refractivity contribution in [2.24, 2.45) is 0 Å². The van der Waals surface area contributed by atoms with Crippen LogP contribution in [0, 0.1) is 0 Å². The second kappa shape index (κ2) is 8.86. The predicted octanol–water partition coefficient (Wildman–Crippen LogP) is 4.63. The van der Waals surface area contributed by atoms with Crippen LogP contribution in [0.3, 0.4) is 0 Å². The average molecular weight is 354 g/mol. The molecule has 2 aromatic carbocycles. The highest BCUT2D eigenvalue weighted by molar-refractivity contribution is 8.02. The Labute approximate surface area is 155 Å². The fourth-order valence-corrected chi connectivity index (χ4v) is 3.96. The molecule has 0 radical (unpaired) electrons. The average Bonchev–Trinajstić information content (AvgIpc) is 3.21. The predicted molar refractivity (Wildman–Crippen MR) is 112 cm³/mol. The van der Waals surface area contributed by atoms with Crippen LogP contribution in [0.1, 0.15) is 18.4 Å². The van der Waals surface area contributed by atoms with Gasteiger partial charge < -0.3 is 15.1 Å². The Kier molecular flexibility index (Phi) is 6.29. The molecule has 0 amide bonds. The molecule has 4 heteroatoms. The van der Waals surface area contributed by atoms with E-state index in [-0.39, 0.29) is 0 Å². The van der Waals surface area contributed by atoms with Crippen LogP contribution in [-0.2, 0) is 0 Å². The second-order valence-electron chi connectivity index (χ2n) is 6.35. The van der Waals surface area contributed by atoms with Gasteiger partial charge in [-0.2, -0.15) is 0 Å². The van der Waals surface area contributed by atoms with Crippen LogP contribution in [0.2, 0.25) is 0 Å². The number of thioether (sulfide) groups is 1. The zero-order valence-corrected chi connectivity index (χ0v) is 15.9. The lowest BCUT2D eigenvalue weighted by molar-refractivity contribution is 0.949. The lowest BCUT2D eigenvalue weighted by Gasteiger charge is -2.19. The van der Waals surface area contributed by atoms with Gasteiger partial charge >= 0.3 is 0 Å². The summed E-state index contributed by atoms with van der Waals surface area (Å²) in [5.74, 6) is 0.918. The summed E-state index contributed by atoms with van der Waals surface area (Å²) in [7, 11) is 4.11. The number of hydrogen-bond donors (Lipinski definition) is 1. The van der Waals surface area contributed by atoms with Crippen LogP contribution < -0.4 is 15.1 Å². The Balaban J connectivity index is 1.60. The first kappa shape index (κ1) is 17.7. The maximum Gasteiger partial charge on any atom is 0.0677 e. The van der Waals surface area contributed by atoms with Gasteiger partial charge in [0.25, 0.3) is 0 Å². The van der Waals surface area contributed by atoms with Gasteiger partial charge in [-0.05, 0) is 48.1 Å². The topological polar surface area (TPSA) is 18.5 Å². The summed E-state index contributed by atoms with van der Waals surface area (Å²) < 4.78 is 0. The molecule has 2 aromatic rings. The van der Waals surface area contributed by atoms with Gasteiger partial charge in [-0.1, -0.05) is 30.3 Å². The van der Waals surface area contributed by atoms with Crippen molar-refractivity contribution in [3.05, 3.63) is 65.6 Å². The number of benzene rings is 2. The van der Waals surface area contributed by atoms with Crippen LogP contribution in [0.15, 0.2) is 60.0 Å². The molecular weight excluding hydrogens is 326 g/mol. The van der Waals surface area contributed by atoms with Crippen LogP contribution in [-0.4, -0.2) is 33.1 Å². The van der Waals surface area contributed by atoms with Crippen molar-refractivity contribution >= 4 is 28.8 Å². The molecule has 0 bridgehead atoms. The lowest BCUT2D eigenvalue weighted by Crippen LogP contribution is -2.17. The lowest BCUT2D eigenvalue weighted by atomic mass is 10.1. The smallest absolute Gasteiger partial charge is 0.0677 e. The minimum Gasteiger partial charge on any atom is -0.387 e. The molecule has 0 aromatic heterocycles. The zero-order chi connectivity index (χ0) is 17.5. The normalized spacial score (nSPS) is 14.6. The minimum absolute atomic E-state index is 0.918. The first-order valence-electron chi connectivity index (χ1n) is 8.89. The van der Waals surface area contributed by atoms with Gasteiger partial charge in [-0.25, -0.2) is 0 Å². The van der Waals surface area contributed by atoms with Gasteiger partial charge in [0.05, 0.1) is 5.88 Å². The molecule has 0 saturated carbocycles. The molecule has 0 atom stereocenters. The van der Waals surface area contributed by atoms with E-state index in [1.54, 1.807) is 11.8 Å². The third-order valence-electron chi connectivity index (χ3n) is 4.59. The number of nitrogens with one attached hydrogen (secondary N) is 1.